The van der Waals surface area contributed by atoms with Crippen molar-refractivity contribution in [2.45, 2.75) is 6.92 Å². The second kappa shape index (κ2) is 7.51. The number of sulfonamides is 1. The van der Waals surface area contributed by atoms with Gasteiger partial charge in [-0.05, 0) is 31.2 Å². The van der Waals surface area contributed by atoms with Gasteiger partial charge in [0, 0.05) is 19.0 Å². The average Bonchev–Trinajstić information content (AvgIpc) is 3.05. The van der Waals surface area contributed by atoms with E-state index < -0.39 is 10.0 Å². The van der Waals surface area contributed by atoms with Gasteiger partial charge in [0.05, 0.1) is 30.3 Å². The van der Waals surface area contributed by atoms with E-state index in [0.717, 1.165) is 6.26 Å². The first-order valence-electron chi connectivity index (χ1n) is 8.67. The zero-order valence-electron chi connectivity index (χ0n) is 16.1. The Balaban J connectivity index is 2.35. The smallest absolute Gasteiger partial charge is 0.270 e. The molecule has 0 atom stereocenters. The molecule has 0 bridgehead atoms. The summed E-state index contributed by atoms with van der Waals surface area (Å²) in [4.78, 5) is 12.6. The van der Waals surface area contributed by atoms with E-state index in [1.165, 1.54) is 11.4 Å². The van der Waals surface area contributed by atoms with Gasteiger partial charge in [0.2, 0.25) is 10.0 Å². The molecule has 1 heterocycles. The minimum atomic E-state index is -3.51. The van der Waals surface area contributed by atoms with E-state index in [4.69, 9.17) is 4.74 Å². The molecule has 0 unspecified atom stereocenters. The predicted octanol–water partition coefficient (Wildman–Crippen LogP) is 2.18. The first-order chi connectivity index (χ1) is 13.3. The Morgan fingerprint density at radius 2 is 1.93 bits per heavy atom. The van der Waals surface area contributed by atoms with Crippen molar-refractivity contribution in [3.63, 3.8) is 0 Å². The topological polar surface area (TPSA) is 93.5 Å². The van der Waals surface area contributed by atoms with Crippen molar-refractivity contribution in [2.75, 3.05) is 31.3 Å². The van der Waals surface area contributed by atoms with E-state index in [0.29, 0.717) is 33.7 Å². The van der Waals surface area contributed by atoms with Crippen molar-refractivity contribution >= 4 is 32.5 Å². The summed E-state index contributed by atoms with van der Waals surface area (Å²) in [6.07, 6.45) is 1.14. The largest absolute Gasteiger partial charge is 0.495 e. The number of methoxy groups -OCH3 is 1. The molecule has 1 N–H and O–H groups in total. The lowest BCUT2D eigenvalue weighted by Gasteiger charge is -2.22. The molecular weight excluding hydrogens is 380 g/mol. The number of rotatable bonds is 6. The maximum atomic E-state index is 12.6. The van der Waals surface area contributed by atoms with E-state index in [9.17, 15) is 13.2 Å². The Morgan fingerprint density at radius 1 is 1.25 bits per heavy atom. The number of nitrogens with one attached hydrogen (secondary N) is 1. The van der Waals surface area contributed by atoms with Gasteiger partial charge in [-0.1, -0.05) is 18.2 Å². The third-order valence-corrected chi connectivity index (χ3v) is 5.63. The van der Waals surface area contributed by atoms with Gasteiger partial charge in [0.25, 0.3) is 5.91 Å². The second-order valence-electron chi connectivity index (χ2n) is 6.14. The van der Waals surface area contributed by atoms with Crippen molar-refractivity contribution in [3.8, 4) is 11.4 Å². The molecule has 0 spiro atoms. The lowest BCUT2D eigenvalue weighted by atomic mass is 10.1. The van der Waals surface area contributed by atoms with E-state index >= 15 is 0 Å². The molecule has 0 aliphatic rings. The highest BCUT2D eigenvalue weighted by atomic mass is 32.2. The van der Waals surface area contributed by atoms with Crippen LogP contribution in [0.1, 0.15) is 17.4 Å². The van der Waals surface area contributed by atoms with Crippen LogP contribution in [-0.2, 0) is 10.0 Å². The number of ether oxygens (including phenoxy) is 1. The normalized spacial score (nSPS) is 11.4. The molecule has 0 saturated heterocycles. The number of hydrogen-bond donors (Lipinski definition) is 1. The lowest BCUT2D eigenvalue weighted by molar-refractivity contribution is 0.0957. The highest BCUT2D eigenvalue weighted by Gasteiger charge is 2.25. The Morgan fingerprint density at radius 3 is 2.46 bits per heavy atom. The number of benzene rings is 2. The van der Waals surface area contributed by atoms with Gasteiger partial charge in [0.1, 0.15) is 11.4 Å². The van der Waals surface area contributed by atoms with Crippen LogP contribution in [0.5, 0.6) is 5.75 Å². The highest BCUT2D eigenvalue weighted by Crippen LogP contribution is 2.36. The zero-order chi connectivity index (χ0) is 20.5. The molecular formula is C19H22N4O4S. The maximum absolute atomic E-state index is 12.6. The van der Waals surface area contributed by atoms with Gasteiger partial charge in [-0.15, -0.1) is 0 Å². The average molecular weight is 402 g/mol. The number of para-hydroxylation sites is 1. The Kier molecular flexibility index (Phi) is 5.28. The lowest BCUT2D eigenvalue weighted by Crippen LogP contribution is -2.29. The Labute approximate surface area is 163 Å². The SMILES string of the molecule is CCN(c1cc2nn(-c3ccccc3)c(C(=O)NC)c2cc1OC)S(C)(=O)=O. The summed E-state index contributed by atoms with van der Waals surface area (Å²) in [5.74, 6) is 0.0363. The molecule has 0 aliphatic carbocycles. The molecule has 1 aromatic heterocycles. The van der Waals surface area contributed by atoms with Crippen LogP contribution >= 0.6 is 0 Å². The minimum absolute atomic E-state index is 0.238. The fourth-order valence-corrected chi connectivity index (χ4v) is 4.11. The van der Waals surface area contributed by atoms with Gasteiger partial charge >= 0.3 is 0 Å². The van der Waals surface area contributed by atoms with Gasteiger partial charge < -0.3 is 10.1 Å². The second-order valence-corrected chi connectivity index (χ2v) is 8.05. The van der Waals surface area contributed by atoms with Gasteiger partial charge in [-0.2, -0.15) is 5.10 Å². The molecule has 2 aromatic carbocycles. The summed E-state index contributed by atoms with van der Waals surface area (Å²) in [7, 11) is -0.500. The van der Waals surface area contributed by atoms with Crippen LogP contribution in [0.4, 0.5) is 5.69 Å². The third-order valence-electron chi connectivity index (χ3n) is 4.37. The number of nitrogens with zero attached hydrogens (tertiary/aromatic N) is 3. The maximum Gasteiger partial charge on any atom is 0.270 e. The number of fused-ring (bicyclic) bond motifs is 1. The summed E-state index contributed by atoms with van der Waals surface area (Å²) in [5, 5.41) is 7.76. The zero-order valence-corrected chi connectivity index (χ0v) is 16.9. The van der Waals surface area contributed by atoms with Gasteiger partial charge in [-0.25, -0.2) is 13.1 Å². The molecule has 8 nitrogen and oxygen atoms in total. The summed E-state index contributed by atoms with van der Waals surface area (Å²) in [6.45, 7) is 1.98. The van der Waals surface area contributed by atoms with Crippen LogP contribution in [0.2, 0.25) is 0 Å². The van der Waals surface area contributed by atoms with Crippen LogP contribution in [0, 0.1) is 0 Å². The molecule has 1 amide bonds. The molecule has 0 radical (unpaired) electrons. The number of carbonyl (C=O) groups is 1. The molecule has 28 heavy (non-hydrogen) atoms. The van der Waals surface area contributed by atoms with Crippen LogP contribution in [0.15, 0.2) is 42.5 Å². The van der Waals surface area contributed by atoms with Crippen molar-refractivity contribution in [2.24, 2.45) is 0 Å². The van der Waals surface area contributed by atoms with Crippen LogP contribution in [-0.4, -0.2) is 51.1 Å². The van der Waals surface area contributed by atoms with Gasteiger partial charge in [-0.3, -0.25) is 9.10 Å². The van der Waals surface area contributed by atoms with Crippen LogP contribution in [0.25, 0.3) is 16.6 Å². The fourth-order valence-electron chi connectivity index (χ4n) is 3.14. The Hall–Kier alpha value is -3.07. The first-order valence-corrected chi connectivity index (χ1v) is 10.5. The van der Waals surface area contributed by atoms with Crippen LogP contribution < -0.4 is 14.4 Å². The highest BCUT2D eigenvalue weighted by molar-refractivity contribution is 7.92. The number of aromatic nitrogens is 2. The molecule has 148 valence electrons. The summed E-state index contributed by atoms with van der Waals surface area (Å²) in [5.41, 5.74) is 1.92. The van der Waals surface area contributed by atoms with Gasteiger partial charge in [0.15, 0.2) is 0 Å². The molecule has 0 aliphatic heterocycles. The monoisotopic (exact) mass is 402 g/mol. The van der Waals surface area contributed by atoms with Crippen molar-refractivity contribution < 1.29 is 17.9 Å². The predicted molar refractivity (Wildman–Crippen MR) is 109 cm³/mol. The van der Waals surface area contributed by atoms with Crippen LogP contribution in [0.3, 0.4) is 0 Å². The fraction of sp³-hybridized carbons (Fsp3) is 0.263. The van der Waals surface area contributed by atoms with E-state index in [-0.39, 0.29) is 12.5 Å². The van der Waals surface area contributed by atoms with E-state index in [1.807, 2.05) is 30.3 Å². The number of carbonyl (C=O) groups excluding carboxylic acids is 1. The first kappa shape index (κ1) is 19.7. The summed E-state index contributed by atoms with van der Waals surface area (Å²) >= 11 is 0. The molecule has 0 saturated carbocycles. The number of hydrogen-bond acceptors (Lipinski definition) is 5. The van der Waals surface area contributed by atoms with E-state index in [2.05, 4.69) is 10.4 Å². The van der Waals surface area contributed by atoms with Crippen molar-refractivity contribution in [3.05, 3.63) is 48.2 Å². The van der Waals surface area contributed by atoms with E-state index in [1.54, 1.807) is 30.8 Å². The summed E-state index contributed by atoms with van der Waals surface area (Å²) < 4.78 is 32.6. The standard InChI is InChI=1S/C19H22N4O4S/c1-5-22(28(4,25)26)16-12-15-14(11-17(16)27-3)18(19(24)20-2)23(21-15)13-9-7-6-8-10-13/h6-12H,5H2,1-4H3,(H,20,24). The number of amides is 1. The van der Waals surface area contributed by atoms with Crippen molar-refractivity contribution in [1.29, 1.82) is 0 Å². The molecule has 0 fully saturated rings. The molecule has 9 heteroatoms. The quantitative estimate of drug-likeness (QED) is 0.682. The molecule has 3 aromatic rings. The summed E-state index contributed by atoms with van der Waals surface area (Å²) in [6, 6.07) is 12.5. The molecule has 3 rings (SSSR count). The Bertz CT molecular complexity index is 1120. The minimum Gasteiger partial charge on any atom is -0.495 e. The third kappa shape index (κ3) is 3.40. The number of anilines is 1. The van der Waals surface area contributed by atoms with Crippen molar-refractivity contribution in [1.82, 2.24) is 15.1 Å².